The third-order valence-electron chi connectivity index (χ3n) is 5.17. The Morgan fingerprint density at radius 2 is 1.81 bits per heavy atom. The maximum atomic E-state index is 12.7. The maximum Gasteiger partial charge on any atom is 0.274 e. The van der Waals surface area contributed by atoms with Crippen LogP contribution in [0.5, 0.6) is 0 Å². The molecule has 1 aromatic carbocycles. The minimum Gasteiger partial charge on any atom is -0.394 e. The van der Waals surface area contributed by atoms with Crippen LogP contribution in [0.3, 0.4) is 0 Å². The number of nitrogens with zero attached hydrogens (tertiary/aromatic N) is 1. The van der Waals surface area contributed by atoms with Gasteiger partial charge in [-0.3, -0.25) is 14.9 Å². The van der Waals surface area contributed by atoms with Gasteiger partial charge in [0.15, 0.2) is 0 Å². The van der Waals surface area contributed by atoms with Crippen LogP contribution in [0.25, 0.3) is 0 Å². The first-order valence-electron chi connectivity index (χ1n) is 9.87. The molecule has 0 spiro atoms. The van der Waals surface area contributed by atoms with Crippen LogP contribution in [0, 0.1) is 5.92 Å². The van der Waals surface area contributed by atoms with Crippen molar-refractivity contribution in [1.82, 2.24) is 5.32 Å². The van der Waals surface area contributed by atoms with Crippen LogP contribution in [0.4, 0.5) is 5.69 Å². The quantitative estimate of drug-likeness (QED) is 0.375. The van der Waals surface area contributed by atoms with Gasteiger partial charge in [-0.15, -0.1) is 11.3 Å². The number of thiophene rings is 1. The van der Waals surface area contributed by atoms with E-state index in [1.165, 1.54) is 11.3 Å². The number of allylic oxidation sites excluding steroid dienone is 1. The molecule has 0 bridgehead atoms. The molecule has 1 saturated carbocycles. The molecule has 31 heavy (non-hydrogen) atoms. The molecule has 0 atom stereocenters. The van der Waals surface area contributed by atoms with Crippen molar-refractivity contribution in [2.24, 2.45) is 16.6 Å². The van der Waals surface area contributed by atoms with Gasteiger partial charge in [0, 0.05) is 16.5 Å². The number of rotatable bonds is 5. The predicted molar refractivity (Wildman–Crippen MR) is 129 cm³/mol. The Morgan fingerprint density at radius 1 is 1.10 bits per heavy atom. The number of hydrogen-bond acceptors (Lipinski definition) is 5. The lowest BCUT2D eigenvalue weighted by Gasteiger charge is -2.20. The molecule has 2 aromatic rings. The van der Waals surface area contributed by atoms with Crippen LogP contribution in [0.2, 0.25) is 14.4 Å². The van der Waals surface area contributed by atoms with Gasteiger partial charge in [-0.2, -0.15) is 0 Å². The molecule has 0 radical (unpaired) electrons. The number of carbonyl (C=O) groups is 2. The monoisotopic (exact) mass is 497 g/mol. The Kier molecular flexibility index (Phi) is 8.17. The number of aliphatic imine (C=N–C) groups is 1. The van der Waals surface area contributed by atoms with Crippen LogP contribution >= 0.6 is 46.1 Å². The molecule has 3 N–H and O–H groups in total. The zero-order chi connectivity index (χ0) is 22.5. The summed E-state index contributed by atoms with van der Waals surface area (Å²) in [7, 11) is 0. The zero-order valence-corrected chi connectivity index (χ0v) is 20.0. The topological polar surface area (TPSA) is 84.5 Å². The Bertz CT molecular complexity index is 1060. The average molecular weight is 499 g/mol. The summed E-state index contributed by atoms with van der Waals surface area (Å²) in [6.07, 6.45) is 4.69. The van der Waals surface area contributed by atoms with E-state index in [4.69, 9.17) is 40.5 Å². The highest BCUT2D eigenvalue weighted by molar-refractivity contribution is 7.18. The number of carbonyl (C=O) groups excluding carboxylic acids is 2. The second-order valence-corrected chi connectivity index (χ2v) is 9.91. The highest BCUT2D eigenvalue weighted by atomic mass is 35.5. The first kappa shape index (κ1) is 23.8. The number of hydrogen-bond donors (Lipinski definition) is 2. The largest absolute Gasteiger partial charge is 0.394 e. The first-order valence-corrected chi connectivity index (χ1v) is 11.8. The fourth-order valence-electron chi connectivity index (χ4n) is 3.40. The SMILES string of the molecule is CC(C(=Nc1ccc(Cl)cc1Cl)c1ccc(Cl)s1)=C(N)C(=O)NC(=O)C1CCCCC1. The smallest absolute Gasteiger partial charge is 0.274 e. The van der Waals surface area contributed by atoms with Gasteiger partial charge in [0.05, 0.1) is 25.6 Å². The summed E-state index contributed by atoms with van der Waals surface area (Å²) in [6, 6.07) is 8.45. The fraction of sp³-hybridized carbons (Fsp3) is 0.318. The summed E-state index contributed by atoms with van der Waals surface area (Å²) in [5.41, 5.74) is 7.39. The summed E-state index contributed by atoms with van der Waals surface area (Å²) < 4.78 is 0.563. The molecule has 1 aliphatic carbocycles. The Hall–Kier alpha value is -1.86. The molecule has 0 unspecified atom stereocenters. The van der Waals surface area contributed by atoms with E-state index in [-0.39, 0.29) is 17.5 Å². The van der Waals surface area contributed by atoms with Gasteiger partial charge in [-0.25, -0.2) is 4.99 Å². The first-order chi connectivity index (χ1) is 14.8. The number of nitrogens with two attached hydrogens (primary N) is 1. The second kappa shape index (κ2) is 10.6. The van der Waals surface area contributed by atoms with Crippen molar-refractivity contribution < 1.29 is 9.59 Å². The molecule has 9 heteroatoms. The van der Waals surface area contributed by atoms with Gasteiger partial charge < -0.3 is 5.73 Å². The van der Waals surface area contributed by atoms with E-state index in [2.05, 4.69) is 10.3 Å². The van der Waals surface area contributed by atoms with E-state index in [1.807, 2.05) is 0 Å². The molecule has 1 fully saturated rings. The van der Waals surface area contributed by atoms with Gasteiger partial charge in [0.1, 0.15) is 5.70 Å². The third kappa shape index (κ3) is 6.10. The number of imide groups is 1. The summed E-state index contributed by atoms with van der Waals surface area (Å²) in [5.74, 6) is -1.06. The molecule has 5 nitrogen and oxygen atoms in total. The van der Waals surface area contributed by atoms with Crippen LogP contribution in [0.15, 0.2) is 46.6 Å². The van der Waals surface area contributed by atoms with Gasteiger partial charge in [0.2, 0.25) is 5.91 Å². The van der Waals surface area contributed by atoms with Gasteiger partial charge in [0.25, 0.3) is 5.91 Å². The van der Waals surface area contributed by atoms with Crippen molar-refractivity contribution in [2.75, 3.05) is 0 Å². The number of nitrogens with one attached hydrogen (secondary N) is 1. The van der Waals surface area contributed by atoms with Gasteiger partial charge in [-0.1, -0.05) is 54.1 Å². The number of halogens is 3. The molecule has 0 saturated heterocycles. The van der Waals surface area contributed by atoms with Crippen molar-refractivity contribution in [1.29, 1.82) is 0 Å². The van der Waals surface area contributed by atoms with Crippen LogP contribution in [0.1, 0.15) is 43.9 Å². The minimum absolute atomic E-state index is 0.0856. The average Bonchev–Trinajstić information content (AvgIpc) is 3.18. The van der Waals surface area contributed by atoms with Gasteiger partial charge >= 0.3 is 0 Å². The lowest BCUT2D eigenvalue weighted by Crippen LogP contribution is -2.39. The molecule has 0 aliphatic heterocycles. The number of amides is 2. The zero-order valence-electron chi connectivity index (χ0n) is 16.9. The van der Waals surface area contributed by atoms with Crippen molar-refractivity contribution in [3.05, 3.63) is 60.9 Å². The summed E-state index contributed by atoms with van der Waals surface area (Å²) >= 11 is 19.7. The minimum atomic E-state index is -0.634. The summed E-state index contributed by atoms with van der Waals surface area (Å²) in [4.78, 5) is 30.5. The predicted octanol–water partition coefficient (Wildman–Crippen LogP) is 6.28. The van der Waals surface area contributed by atoms with E-state index in [9.17, 15) is 9.59 Å². The van der Waals surface area contributed by atoms with E-state index >= 15 is 0 Å². The van der Waals surface area contributed by atoms with Crippen molar-refractivity contribution in [2.45, 2.75) is 39.0 Å². The van der Waals surface area contributed by atoms with Crippen LogP contribution < -0.4 is 11.1 Å². The molecule has 164 valence electrons. The van der Waals surface area contributed by atoms with Crippen LogP contribution in [-0.4, -0.2) is 17.5 Å². The summed E-state index contributed by atoms with van der Waals surface area (Å²) in [6.45, 7) is 1.68. The Labute approximate surface area is 200 Å². The third-order valence-corrected chi connectivity index (χ3v) is 6.94. The normalized spacial score (nSPS) is 16.1. The molecule has 1 aromatic heterocycles. The Balaban J connectivity index is 1.93. The van der Waals surface area contributed by atoms with E-state index < -0.39 is 5.91 Å². The standard InChI is InChI=1S/C22H22Cl3N3O2S/c1-12(19(26)22(30)28-21(29)13-5-3-2-4-6-13)20(17-9-10-18(25)31-17)27-16-8-7-14(23)11-15(16)24/h7-11,13H,2-6,26H2,1H3,(H,28,29,30). The second-order valence-electron chi connectivity index (χ2n) is 7.35. The van der Waals surface area contributed by atoms with Crippen molar-refractivity contribution in [3.8, 4) is 0 Å². The Morgan fingerprint density at radius 3 is 2.42 bits per heavy atom. The molecular formula is C22H22Cl3N3O2S. The number of benzene rings is 1. The molecule has 2 amide bonds. The van der Waals surface area contributed by atoms with E-state index in [1.54, 1.807) is 37.3 Å². The van der Waals surface area contributed by atoms with E-state index in [0.717, 1.165) is 32.1 Å². The highest BCUT2D eigenvalue weighted by Gasteiger charge is 2.24. The van der Waals surface area contributed by atoms with Crippen molar-refractivity contribution in [3.63, 3.8) is 0 Å². The fourth-order valence-corrected chi connectivity index (χ4v) is 4.94. The molecule has 1 heterocycles. The van der Waals surface area contributed by atoms with Gasteiger partial charge in [-0.05, 0) is 50.1 Å². The molecule has 3 rings (SSSR count). The molecule has 1 aliphatic rings. The van der Waals surface area contributed by atoms with Crippen LogP contribution in [-0.2, 0) is 9.59 Å². The summed E-state index contributed by atoms with van der Waals surface area (Å²) in [5, 5.41) is 3.28. The lowest BCUT2D eigenvalue weighted by atomic mass is 9.88. The maximum absolute atomic E-state index is 12.7. The van der Waals surface area contributed by atoms with E-state index in [0.29, 0.717) is 36.2 Å². The molecular weight excluding hydrogens is 477 g/mol. The van der Waals surface area contributed by atoms with Crippen molar-refractivity contribution >= 4 is 69.4 Å². The lowest BCUT2D eigenvalue weighted by molar-refractivity contribution is -0.131. The highest BCUT2D eigenvalue weighted by Crippen LogP contribution is 2.32.